The van der Waals surface area contributed by atoms with Crippen molar-refractivity contribution in [2.45, 2.75) is 18.9 Å². The molecular weight excluding hydrogens is 270 g/mol. The average molecular weight is 291 g/mol. The molecule has 0 saturated carbocycles. The standard InChI is InChI=1S/C15H21N3OS/c1-20-8-4-7-17-15(19)13(16)9-11-10-18-14-6-3-2-5-12(11)14/h2-3,5-6,10,13,18H,4,7-9,16H2,1H3,(H,17,19)/t13-/m1/s1. The van der Waals surface area contributed by atoms with Gasteiger partial charge in [0.2, 0.25) is 5.91 Å². The van der Waals surface area contributed by atoms with Gasteiger partial charge in [-0.25, -0.2) is 0 Å². The molecule has 2 rings (SSSR count). The number of rotatable bonds is 7. The zero-order valence-electron chi connectivity index (χ0n) is 11.7. The number of fused-ring (bicyclic) bond motifs is 1. The number of hydrogen-bond acceptors (Lipinski definition) is 3. The normalized spacial score (nSPS) is 12.5. The Morgan fingerprint density at radius 1 is 1.45 bits per heavy atom. The summed E-state index contributed by atoms with van der Waals surface area (Å²) < 4.78 is 0. The first-order valence-electron chi connectivity index (χ1n) is 6.79. The number of hydrogen-bond donors (Lipinski definition) is 3. The maximum Gasteiger partial charge on any atom is 0.237 e. The highest BCUT2D eigenvalue weighted by molar-refractivity contribution is 7.98. The summed E-state index contributed by atoms with van der Waals surface area (Å²) >= 11 is 1.78. The topological polar surface area (TPSA) is 70.9 Å². The van der Waals surface area contributed by atoms with Crippen LogP contribution in [0.25, 0.3) is 10.9 Å². The molecule has 1 heterocycles. The van der Waals surface area contributed by atoms with Gasteiger partial charge < -0.3 is 16.0 Å². The van der Waals surface area contributed by atoms with E-state index in [9.17, 15) is 4.79 Å². The van der Waals surface area contributed by atoms with Crippen molar-refractivity contribution in [2.24, 2.45) is 5.73 Å². The molecule has 1 atom stereocenters. The van der Waals surface area contributed by atoms with Gasteiger partial charge in [-0.3, -0.25) is 4.79 Å². The molecule has 108 valence electrons. The number of aromatic nitrogens is 1. The van der Waals surface area contributed by atoms with Gasteiger partial charge in [0.05, 0.1) is 6.04 Å². The molecule has 0 aliphatic carbocycles. The lowest BCUT2D eigenvalue weighted by Gasteiger charge is -2.11. The summed E-state index contributed by atoms with van der Waals surface area (Å²) in [5.41, 5.74) is 8.15. The zero-order valence-corrected chi connectivity index (χ0v) is 12.5. The lowest BCUT2D eigenvalue weighted by molar-refractivity contribution is -0.122. The van der Waals surface area contributed by atoms with Crippen molar-refractivity contribution < 1.29 is 4.79 Å². The van der Waals surface area contributed by atoms with Crippen LogP contribution in [0.1, 0.15) is 12.0 Å². The van der Waals surface area contributed by atoms with E-state index in [0.29, 0.717) is 13.0 Å². The summed E-state index contributed by atoms with van der Waals surface area (Å²) in [4.78, 5) is 15.1. The predicted octanol–water partition coefficient (Wildman–Crippen LogP) is 1.91. The van der Waals surface area contributed by atoms with Crippen LogP contribution in [0.3, 0.4) is 0 Å². The summed E-state index contributed by atoms with van der Waals surface area (Å²) in [5.74, 6) is 0.981. The van der Waals surface area contributed by atoms with Crippen molar-refractivity contribution in [1.29, 1.82) is 0 Å². The van der Waals surface area contributed by atoms with E-state index >= 15 is 0 Å². The number of nitrogens with two attached hydrogens (primary N) is 1. The van der Waals surface area contributed by atoms with Crippen LogP contribution in [0, 0.1) is 0 Å². The first-order chi connectivity index (χ1) is 9.72. The van der Waals surface area contributed by atoms with Gasteiger partial charge in [0.15, 0.2) is 0 Å². The Balaban J connectivity index is 1.90. The second-order valence-electron chi connectivity index (χ2n) is 4.81. The maximum atomic E-state index is 11.9. The summed E-state index contributed by atoms with van der Waals surface area (Å²) in [7, 11) is 0. The number of benzene rings is 1. The number of H-pyrrole nitrogens is 1. The largest absolute Gasteiger partial charge is 0.361 e. The highest BCUT2D eigenvalue weighted by Gasteiger charge is 2.15. The van der Waals surface area contributed by atoms with Gasteiger partial charge in [-0.15, -0.1) is 0 Å². The molecule has 0 radical (unpaired) electrons. The molecule has 0 unspecified atom stereocenters. The summed E-state index contributed by atoms with van der Waals surface area (Å²) in [6.07, 6.45) is 5.53. The van der Waals surface area contributed by atoms with E-state index in [1.54, 1.807) is 11.8 Å². The molecule has 2 aromatic rings. The van der Waals surface area contributed by atoms with Crippen LogP contribution >= 0.6 is 11.8 Å². The lowest BCUT2D eigenvalue weighted by Crippen LogP contribution is -2.42. The number of nitrogens with one attached hydrogen (secondary N) is 2. The second kappa shape index (κ2) is 7.36. The van der Waals surface area contributed by atoms with Crippen LogP contribution in [0.4, 0.5) is 0 Å². The van der Waals surface area contributed by atoms with E-state index in [1.807, 2.05) is 30.5 Å². The number of carbonyl (C=O) groups is 1. The molecule has 1 amide bonds. The molecule has 0 saturated heterocycles. The Hall–Kier alpha value is -1.46. The Morgan fingerprint density at radius 3 is 3.05 bits per heavy atom. The van der Waals surface area contributed by atoms with E-state index < -0.39 is 6.04 Å². The molecule has 0 aliphatic rings. The third kappa shape index (κ3) is 3.77. The summed E-state index contributed by atoms with van der Waals surface area (Å²) in [6, 6.07) is 7.55. The van der Waals surface area contributed by atoms with Crippen molar-refractivity contribution in [1.82, 2.24) is 10.3 Å². The van der Waals surface area contributed by atoms with Gasteiger partial charge in [-0.05, 0) is 36.5 Å². The fourth-order valence-electron chi connectivity index (χ4n) is 2.19. The Morgan fingerprint density at radius 2 is 2.25 bits per heavy atom. The molecule has 5 heteroatoms. The van der Waals surface area contributed by atoms with Crippen molar-refractivity contribution in [3.05, 3.63) is 36.0 Å². The van der Waals surface area contributed by atoms with Crippen LogP contribution in [0.15, 0.2) is 30.5 Å². The Kier molecular flexibility index (Phi) is 5.49. The Labute approximate surface area is 123 Å². The molecule has 4 nitrogen and oxygen atoms in total. The quantitative estimate of drug-likeness (QED) is 0.682. The average Bonchev–Trinajstić information content (AvgIpc) is 2.87. The minimum Gasteiger partial charge on any atom is -0.361 e. The molecule has 0 spiro atoms. The highest BCUT2D eigenvalue weighted by Crippen LogP contribution is 2.18. The highest BCUT2D eigenvalue weighted by atomic mass is 32.2. The lowest BCUT2D eigenvalue weighted by atomic mass is 10.1. The second-order valence-corrected chi connectivity index (χ2v) is 5.79. The zero-order chi connectivity index (χ0) is 14.4. The fourth-order valence-corrected chi connectivity index (χ4v) is 2.62. The van der Waals surface area contributed by atoms with Gasteiger partial charge in [-0.1, -0.05) is 18.2 Å². The van der Waals surface area contributed by atoms with Crippen molar-refractivity contribution >= 4 is 28.6 Å². The number of thioether (sulfide) groups is 1. The van der Waals surface area contributed by atoms with E-state index in [2.05, 4.69) is 16.6 Å². The smallest absolute Gasteiger partial charge is 0.237 e. The third-order valence-corrected chi connectivity index (χ3v) is 3.97. The monoisotopic (exact) mass is 291 g/mol. The van der Waals surface area contributed by atoms with Crippen molar-refractivity contribution in [2.75, 3.05) is 18.6 Å². The van der Waals surface area contributed by atoms with Crippen LogP contribution in [0.2, 0.25) is 0 Å². The van der Waals surface area contributed by atoms with Gasteiger partial charge >= 0.3 is 0 Å². The molecule has 0 fully saturated rings. The summed E-state index contributed by atoms with van der Waals surface area (Å²) in [6.45, 7) is 0.696. The number of amides is 1. The van der Waals surface area contributed by atoms with Crippen LogP contribution in [0.5, 0.6) is 0 Å². The molecular formula is C15H21N3OS. The van der Waals surface area contributed by atoms with E-state index in [1.165, 1.54) is 0 Å². The number of carbonyl (C=O) groups excluding carboxylic acids is 1. The van der Waals surface area contributed by atoms with E-state index in [0.717, 1.165) is 28.6 Å². The first-order valence-corrected chi connectivity index (χ1v) is 8.19. The Bertz CT molecular complexity index is 567. The van der Waals surface area contributed by atoms with Gasteiger partial charge in [0.1, 0.15) is 0 Å². The van der Waals surface area contributed by atoms with Gasteiger partial charge in [-0.2, -0.15) is 11.8 Å². The van der Waals surface area contributed by atoms with Gasteiger partial charge in [0, 0.05) is 23.6 Å². The molecule has 4 N–H and O–H groups in total. The minimum absolute atomic E-state index is 0.0728. The maximum absolute atomic E-state index is 11.9. The van der Waals surface area contributed by atoms with E-state index in [4.69, 9.17) is 5.73 Å². The minimum atomic E-state index is -0.497. The predicted molar refractivity (Wildman–Crippen MR) is 86.0 cm³/mol. The van der Waals surface area contributed by atoms with Crippen LogP contribution in [-0.2, 0) is 11.2 Å². The third-order valence-electron chi connectivity index (χ3n) is 3.28. The molecule has 0 bridgehead atoms. The molecule has 1 aromatic heterocycles. The molecule has 1 aromatic carbocycles. The van der Waals surface area contributed by atoms with Crippen molar-refractivity contribution in [3.63, 3.8) is 0 Å². The van der Waals surface area contributed by atoms with Gasteiger partial charge in [0.25, 0.3) is 0 Å². The molecule has 20 heavy (non-hydrogen) atoms. The van der Waals surface area contributed by atoms with Crippen LogP contribution < -0.4 is 11.1 Å². The fraction of sp³-hybridized carbons (Fsp3) is 0.400. The van der Waals surface area contributed by atoms with Crippen LogP contribution in [-0.4, -0.2) is 35.5 Å². The molecule has 0 aliphatic heterocycles. The number of para-hydroxylation sites is 1. The summed E-state index contributed by atoms with van der Waals surface area (Å²) in [5, 5.41) is 4.03. The van der Waals surface area contributed by atoms with E-state index in [-0.39, 0.29) is 5.91 Å². The first kappa shape index (κ1) is 14.9. The SMILES string of the molecule is CSCCCNC(=O)[C@H](N)Cc1c[nH]c2ccccc12. The van der Waals surface area contributed by atoms with Crippen molar-refractivity contribution in [3.8, 4) is 0 Å². The number of aromatic amines is 1.